The Labute approximate surface area is 86.8 Å². The van der Waals surface area contributed by atoms with Crippen LogP contribution in [-0.4, -0.2) is 18.6 Å². The summed E-state index contributed by atoms with van der Waals surface area (Å²) in [6.45, 7) is 9.88. The average molecular weight is 205 g/mol. The summed E-state index contributed by atoms with van der Waals surface area (Å²) >= 11 is 6.12. The lowest BCUT2D eigenvalue weighted by atomic mass is 9.68. The third kappa shape index (κ3) is 1.87. The van der Waals surface area contributed by atoms with Gasteiger partial charge in [0, 0.05) is 17.9 Å². The Kier molecular flexibility index (Phi) is 3.64. The fraction of sp³-hybridized carbons (Fsp3) is 1.00. The number of alkyl halides is 1. The van der Waals surface area contributed by atoms with E-state index in [0.717, 1.165) is 18.9 Å². The Morgan fingerprint density at radius 2 is 2.08 bits per heavy atom. The number of halogens is 1. The quantitative estimate of drug-likeness (QED) is 0.641. The van der Waals surface area contributed by atoms with Gasteiger partial charge < -0.3 is 4.74 Å². The highest BCUT2D eigenvalue weighted by Gasteiger charge is 2.45. The number of hydrogen-bond donors (Lipinski definition) is 0. The van der Waals surface area contributed by atoms with Gasteiger partial charge in [-0.25, -0.2) is 0 Å². The largest absolute Gasteiger partial charge is 0.378 e. The summed E-state index contributed by atoms with van der Waals surface area (Å²) in [6, 6.07) is 0. The Morgan fingerprint density at radius 3 is 2.38 bits per heavy atom. The molecule has 0 aromatic carbocycles. The molecule has 1 aliphatic rings. The molecule has 0 radical (unpaired) electrons. The number of rotatable bonds is 3. The molecule has 1 fully saturated rings. The zero-order chi connectivity index (χ0) is 10.1. The van der Waals surface area contributed by atoms with Crippen molar-refractivity contribution < 1.29 is 4.74 Å². The summed E-state index contributed by atoms with van der Waals surface area (Å²) < 4.78 is 5.65. The first-order valence-corrected chi connectivity index (χ1v) is 5.75. The van der Waals surface area contributed by atoms with Crippen molar-refractivity contribution in [2.24, 2.45) is 17.3 Å². The Hall–Kier alpha value is 0.250. The summed E-state index contributed by atoms with van der Waals surface area (Å²) in [5, 5.41) is 0. The van der Waals surface area contributed by atoms with Gasteiger partial charge in [-0.2, -0.15) is 0 Å². The summed E-state index contributed by atoms with van der Waals surface area (Å²) in [6.07, 6.45) is 1.44. The molecular weight excluding hydrogens is 184 g/mol. The van der Waals surface area contributed by atoms with Gasteiger partial charge in [-0.05, 0) is 25.2 Å². The van der Waals surface area contributed by atoms with E-state index in [4.69, 9.17) is 16.3 Å². The summed E-state index contributed by atoms with van der Waals surface area (Å²) in [7, 11) is 0. The molecule has 0 spiro atoms. The van der Waals surface area contributed by atoms with Crippen molar-refractivity contribution in [3.05, 3.63) is 0 Å². The van der Waals surface area contributed by atoms with Crippen LogP contribution in [-0.2, 0) is 4.74 Å². The van der Waals surface area contributed by atoms with E-state index in [1.54, 1.807) is 0 Å². The molecule has 0 aromatic rings. The minimum absolute atomic E-state index is 0.218. The maximum absolute atomic E-state index is 6.12. The van der Waals surface area contributed by atoms with Crippen molar-refractivity contribution in [1.29, 1.82) is 0 Å². The zero-order valence-corrected chi connectivity index (χ0v) is 9.90. The van der Waals surface area contributed by atoms with Crippen LogP contribution >= 0.6 is 11.6 Å². The van der Waals surface area contributed by atoms with Crippen molar-refractivity contribution in [2.45, 2.75) is 40.2 Å². The molecule has 13 heavy (non-hydrogen) atoms. The van der Waals surface area contributed by atoms with Crippen molar-refractivity contribution in [3.8, 4) is 0 Å². The van der Waals surface area contributed by atoms with E-state index in [-0.39, 0.29) is 5.41 Å². The third-order valence-electron chi connectivity index (χ3n) is 3.90. The van der Waals surface area contributed by atoms with Crippen molar-refractivity contribution in [3.63, 3.8) is 0 Å². The molecule has 78 valence electrons. The van der Waals surface area contributed by atoms with E-state index >= 15 is 0 Å². The van der Waals surface area contributed by atoms with Gasteiger partial charge in [0.2, 0.25) is 0 Å². The molecule has 2 heteroatoms. The van der Waals surface area contributed by atoms with Crippen LogP contribution < -0.4 is 0 Å². The predicted octanol–water partition coefficient (Wildman–Crippen LogP) is 3.31. The smallest absolute Gasteiger partial charge is 0.0618 e. The van der Waals surface area contributed by atoms with Crippen LogP contribution in [0.5, 0.6) is 0 Å². The lowest BCUT2D eigenvalue weighted by Crippen LogP contribution is -2.39. The molecule has 0 bridgehead atoms. The third-order valence-corrected chi connectivity index (χ3v) is 4.40. The van der Waals surface area contributed by atoms with E-state index < -0.39 is 0 Å². The first-order chi connectivity index (χ1) is 6.04. The molecule has 0 saturated carbocycles. The zero-order valence-electron chi connectivity index (χ0n) is 9.14. The van der Waals surface area contributed by atoms with Gasteiger partial charge in [0.05, 0.1) is 6.10 Å². The SMILES string of the molecule is CC(C)C(C)C1(CCl)CCOC1C. The van der Waals surface area contributed by atoms with Crippen LogP contribution in [0.25, 0.3) is 0 Å². The topological polar surface area (TPSA) is 9.23 Å². The molecule has 0 N–H and O–H groups in total. The summed E-state index contributed by atoms with van der Waals surface area (Å²) in [5.74, 6) is 2.05. The second-order valence-electron chi connectivity index (χ2n) is 4.66. The van der Waals surface area contributed by atoms with Gasteiger partial charge in [0.1, 0.15) is 0 Å². The van der Waals surface area contributed by atoms with E-state index in [2.05, 4.69) is 27.7 Å². The van der Waals surface area contributed by atoms with E-state index in [9.17, 15) is 0 Å². The van der Waals surface area contributed by atoms with Crippen molar-refractivity contribution >= 4 is 11.6 Å². The van der Waals surface area contributed by atoms with E-state index in [0.29, 0.717) is 17.9 Å². The highest BCUT2D eigenvalue weighted by atomic mass is 35.5. The molecule has 0 aromatic heterocycles. The second-order valence-corrected chi connectivity index (χ2v) is 4.93. The first kappa shape index (κ1) is 11.3. The van der Waals surface area contributed by atoms with Crippen LogP contribution in [0.1, 0.15) is 34.1 Å². The molecule has 0 amide bonds. The van der Waals surface area contributed by atoms with E-state index in [1.807, 2.05) is 0 Å². The van der Waals surface area contributed by atoms with Gasteiger partial charge in [-0.1, -0.05) is 20.8 Å². The van der Waals surface area contributed by atoms with Crippen LogP contribution in [0.15, 0.2) is 0 Å². The monoisotopic (exact) mass is 204 g/mol. The highest BCUT2D eigenvalue weighted by molar-refractivity contribution is 6.18. The molecule has 1 rings (SSSR count). The average Bonchev–Trinajstić information content (AvgIpc) is 2.46. The Bertz CT molecular complexity index is 169. The fourth-order valence-electron chi connectivity index (χ4n) is 2.35. The molecule has 1 nitrogen and oxygen atoms in total. The van der Waals surface area contributed by atoms with Crippen LogP contribution in [0, 0.1) is 17.3 Å². The maximum atomic E-state index is 6.12. The van der Waals surface area contributed by atoms with Gasteiger partial charge in [-0.3, -0.25) is 0 Å². The molecule has 1 aliphatic heterocycles. The normalized spacial score (nSPS) is 36.9. The van der Waals surface area contributed by atoms with Gasteiger partial charge in [-0.15, -0.1) is 11.6 Å². The first-order valence-electron chi connectivity index (χ1n) is 5.22. The van der Waals surface area contributed by atoms with Crippen LogP contribution in [0.3, 0.4) is 0 Å². The van der Waals surface area contributed by atoms with Gasteiger partial charge in [0.15, 0.2) is 0 Å². The van der Waals surface area contributed by atoms with Crippen LogP contribution in [0.4, 0.5) is 0 Å². The second kappa shape index (κ2) is 4.18. The lowest BCUT2D eigenvalue weighted by Gasteiger charge is -2.38. The molecule has 1 saturated heterocycles. The predicted molar refractivity (Wildman–Crippen MR) is 57.2 cm³/mol. The van der Waals surface area contributed by atoms with Crippen molar-refractivity contribution in [1.82, 2.24) is 0 Å². The number of ether oxygens (including phenoxy) is 1. The standard InChI is InChI=1S/C11H21ClO/c1-8(2)9(3)11(7-12)5-6-13-10(11)4/h8-10H,5-7H2,1-4H3. The van der Waals surface area contributed by atoms with Gasteiger partial charge in [0.25, 0.3) is 0 Å². The fourth-order valence-corrected chi connectivity index (χ4v) is 2.95. The minimum atomic E-state index is 0.218. The number of hydrogen-bond acceptors (Lipinski definition) is 1. The summed E-state index contributed by atoms with van der Waals surface area (Å²) in [5.41, 5.74) is 0.218. The molecule has 0 aliphatic carbocycles. The van der Waals surface area contributed by atoms with E-state index in [1.165, 1.54) is 0 Å². The highest BCUT2D eigenvalue weighted by Crippen LogP contribution is 2.45. The molecule has 3 unspecified atom stereocenters. The molecule has 3 atom stereocenters. The van der Waals surface area contributed by atoms with Gasteiger partial charge >= 0.3 is 0 Å². The lowest BCUT2D eigenvalue weighted by molar-refractivity contribution is 0.0328. The van der Waals surface area contributed by atoms with Crippen molar-refractivity contribution in [2.75, 3.05) is 12.5 Å². The van der Waals surface area contributed by atoms with Crippen LogP contribution in [0.2, 0.25) is 0 Å². The maximum Gasteiger partial charge on any atom is 0.0618 e. The molecular formula is C11H21ClO. The Morgan fingerprint density at radius 1 is 1.46 bits per heavy atom. The summed E-state index contributed by atoms with van der Waals surface area (Å²) in [4.78, 5) is 0. The Balaban J connectivity index is 2.79. The minimum Gasteiger partial charge on any atom is -0.378 e. The molecule has 1 heterocycles.